The molecule has 0 N–H and O–H groups in total. The average Bonchev–Trinajstić information content (AvgIpc) is 3.32. The fraction of sp³-hybridized carbons (Fsp3) is 0.167. The van der Waals surface area contributed by atoms with E-state index in [1.165, 1.54) is 14.1 Å². The van der Waals surface area contributed by atoms with Crippen molar-refractivity contribution in [3.63, 3.8) is 0 Å². The Bertz CT molecular complexity index is 1380. The van der Waals surface area contributed by atoms with Crippen LogP contribution in [0.25, 0.3) is 11.1 Å². The Morgan fingerprint density at radius 1 is 0.903 bits per heavy atom. The quantitative estimate of drug-likeness (QED) is 0.498. The SMILES string of the molecule is CN(C)S(=O)(=O)c1ccc2c(c1)N(C(=O)c1ccc3c(c1)C(=O)c1ccccc1-3)CC2. The number of carbonyl (C=O) groups excluding carboxylic acids is 2. The molecule has 0 unspecified atom stereocenters. The van der Waals surface area contributed by atoms with Crippen molar-refractivity contribution in [3.05, 3.63) is 82.9 Å². The van der Waals surface area contributed by atoms with E-state index in [0.29, 0.717) is 35.3 Å². The fourth-order valence-electron chi connectivity index (χ4n) is 4.26. The van der Waals surface area contributed by atoms with Crippen LogP contribution in [-0.2, 0) is 16.4 Å². The van der Waals surface area contributed by atoms with Crippen LogP contribution in [0.1, 0.15) is 31.8 Å². The van der Waals surface area contributed by atoms with Gasteiger partial charge in [-0.25, -0.2) is 12.7 Å². The van der Waals surface area contributed by atoms with E-state index in [9.17, 15) is 18.0 Å². The van der Waals surface area contributed by atoms with E-state index in [1.54, 1.807) is 41.3 Å². The zero-order valence-corrected chi connectivity index (χ0v) is 17.9. The summed E-state index contributed by atoms with van der Waals surface area (Å²) in [5.41, 5.74) is 4.82. The summed E-state index contributed by atoms with van der Waals surface area (Å²) in [5.74, 6) is -0.328. The number of hydrogen-bond donors (Lipinski definition) is 0. The number of anilines is 1. The number of ketones is 1. The Kier molecular flexibility index (Phi) is 4.35. The maximum absolute atomic E-state index is 13.3. The standard InChI is InChI=1S/C24H20N2O4S/c1-25(2)31(29,30)17-9-7-15-11-12-26(22(15)14-17)24(28)16-8-10-19-18-5-3-4-6-20(18)23(27)21(19)13-16/h3-10,13-14H,11-12H2,1-2H3. The highest BCUT2D eigenvalue weighted by atomic mass is 32.2. The highest BCUT2D eigenvalue weighted by Crippen LogP contribution is 2.38. The molecule has 0 saturated heterocycles. The van der Waals surface area contributed by atoms with Gasteiger partial charge in [0.2, 0.25) is 10.0 Å². The van der Waals surface area contributed by atoms with E-state index in [2.05, 4.69) is 0 Å². The maximum atomic E-state index is 13.3. The molecule has 1 amide bonds. The van der Waals surface area contributed by atoms with E-state index in [0.717, 1.165) is 21.0 Å². The molecule has 1 heterocycles. The number of benzene rings is 3. The number of hydrogen-bond acceptors (Lipinski definition) is 4. The molecule has 156 valence electrons. The molecule has 3 aromatic carbocycles. The second-order valence-corrected chi connectivity index (χ2v) is 10.1. The third kappa shape index (κ3) is 2.92. The first-order valence-electron chi connectivity index (χ1n) is 9.94. The summed E-state index contributed by atoms with van der Waals surface area (Å²) in [7, 11) is -0.653. The average molecular weight is 433 g/mol. The van der Waals surface area contributed by atoms with Crippen molar-refractivity contribution >= 4 is 27.4 Å². The molecule has 5 rings (SSSR count). The van der Waals surface area contributed by atoms with Crippen molar-refractivity contribution in [2.24, 2.45) is 0 Å². The van der Waals surface area contributed by atoms with Crippen LogP contribution in [0.5, 0.6) is 0 Å². The van der Waals surface area contributed by atoms with E-state index >= 15 is 0 Å². The molecular weight excluding hydrogens is 412 g/mol. The smallest absolute Gasteiger partial charge is 0.258 e. The Balaban J connectivity index is 1.52. The Morgan fingerprint density at radius 2 is 1.61 bits per heavy atom. The second-order valence-electron chi connectivity index (χ2n) is 7.92. The number of fused-ring (bicyclic) bond motifs is 4. The van der Waals surface area contributed by atoms with Crippen LogP contribution >= 0.6 is 0 Å². The molecular formula is C24H20N2O4S. The first-order valence-corrected chi connectivity index (χ1v) is 11.4. The van der Waals surface area contributed by atoms with Gasteiger partial charge >= 0.3 is 0 Å². The van der Waals surface area contributed by atoms with Crippen molar-refractivity contribution in [2.75, 3.05) is 25.5 Å². The molecule has 0 radical (unpaired) electrons. The van der Waals surface area contributed by atoms with Crippen LogP contribution in [0.15, 0.2) is 65.6 Å². The van der Waals surface area contributed by atoms with Crippen LogP contribution in [0.3, 0.4) is 0 Å². The minimum absolute atomic E-state index is 0.0820. The Hall–Kier alpha value is -3.29. The van der Waals surface area contributed by atoms with Crippen molar-refractivity contribution in [1.29, 1.82) is 0 Å². The van der Waals surface area contributed by atoms with Gasteiger partial charge < -0.3 is 4.90 Å². The van der Waals surface area contributed by atoms with Gasteiger partial charge in [0.15, 0.2) is 5.78 Å². The topological polar surface area (TPSA) is 74.8 Å². The molecule has 0 fully saturated rings. The van der Waals surface area contributed by atoms with Gasteiger partial charge in [0.25, 0.3) is 5.91 Å². The lowest BCUT2D eigenvalue weighted by Crippen LogP contribution is -2.29. The summed E-state index contributed by atoms with van der Waals surface area (Å²) in [6, 6.07) is 17.5. The van der Waals surface area contributed by atoms with E-state index < -0.39 is 10.0 Å². The molecule has 0 spiro atoms. The zero-order valence-electron chi connectivity index (χ0n) is 17.1. The van der Waals surface area contributed by atoms with E-state index in [4.69, 9.17) is 0 Å². The van der Waals surface area contributed by atoms with Gasteiger partial charge in [-0.05, 0) is 47.4 Å². The molecule has 1 aliphatic heterocycles. The van der Waals surface area contributed by atoms with Crippen LogP contribution in [0, 0.1) is 0 Å². The minimum atomic E-state index is -3.61. The molecule has 0 atom stereocenters. The lowest BCUT2D eigenvalue weighted by Gasteiger charge is -2.19. The van der Waals surface area contributed by atoms with Gasteiger partial charge in [-0.1, -0.05) is 36.4 Å². The molecule has 1 aliphatic carbocycles. The third-order valence-corrected chi connectivity index (χ3v) is 7.76. The molecule has 0 aromatic heterocycles. The monoisotopic (exact) mass is 432 g/mol. The fourth-order valence-corrected chi connectivity index (χ4v) is 5.18. The highest BCUT2D eigenvalue weighted by molar-refractivity contribution is 7.89. The summed E-state index contributed by atoms with van der Waals surface area (Å²) >= 11 is 0. The van der Waals surface area contributed by atoms with Gasteiger partial charge in [0, 0.05) is 43.0 Å². The molecule has 7 heteroatoms. The lowest BCUT2D eigenvalue weighted by atomic mass is 10.0. The highest BCUT2D eigenvalue weighted by Gasteiger charge is 2.31. The second kappa shape index (κ2) is 6.87. The van der Waals surface area contributed by atoms with E-state index in [1.807, 2.05) is 24.3 Å². The summed E-state index contributed by atoms with van der Waals surface area (Å²) in [6.07, 6.45) is 0.651. The van der Waals surface area contributed by atoms with Crippen molar-refractivity contribution in [1.82, 2.24) is 4.31 Å². The van der Waals surface area contributed by atoms with Crippen LogP contribution in [0.2, 0.25) is 0 Å². The van der Waals surface area contributed by atoms with Crippen LogP contribution < -0.4 is 4.90 Å². The molecule has 6 nitrogen and oxygen atoms in total. The molecule has 3 aromatic rings. The van der Waals surface area contributed by atoms with Crippen LogP contribution in [-0.4, -0.2) is 45.1 Å². The normalized spacial score (nSPS) is 14.5. The molecule has 2 aliphatic rings. The molecule has 0 bridgehead atoms. The number of nitrogens with zero attached hydrogens (tertiary/aromatic N) is 2. The zero-order chi connectivity index (χ0) is 21.9. The maximum Gasteiger partial charge on any atom is 0.258 e. The summed E-state index contributed by atoms with van der Waals surface area (Å²) in [5, 5.41) is 0. The number of carbonyl (C=O) groups is 2. The van der Waals surface area contributed by atoms with Gasteiger partial charge in [0.1, 0.15) is 0 Å². The van der Waals surface area contributed by atoms with Crippen molar-refractivity contribution in [3.8, 4) is 11.1 Å². The van der Waals surface area contributed by atoms with Crippen molar-refractivity contribution in [2.45, 2.75) is 11.3 Å². The van der Waals surface area contributed by atoms with E-state index in [-0.39, 0.29) is 16.6 Å². The predicted molar refractivity (Wildman–Crippen MR) is 118 cm³/mol. The summed E-state index contributed by atoms with van der Waals surface area (Å²) in [6.45, 7) is 0.463. The van der Waals surface area contributed by atoms with Gasteiger partial charge in [0.05, 0.1) is 4.90 Å². The number of rotatable bonds is 3. The van der Waals surface area contributed by atoms with Gasteiger partial charge in [-0.15, -0.1) is 0 Å². The summed E-state index contributed by atoms with van der Waals surface area (Å²) in [4.78, 5) is 27.9. The van der Waals surface area contributed by atoms with Gasteiger partial charge in [-0.3, -0.25) is 9.59 Å². The first-order chi connectivity index (χ1) is 14.8. The minimum Gasteiger partial charge on any atom is -0.308 e. The Morgan fingerprint density at radius 3 is 2.35 bits per heavy atom. The molecule has 0 saturated carbocycles. The number of amides is 1. The predicted octanol–water partition coefficient (Wildman–Crippen LogP) is 3.35. The first kappa shape index (κ1) is 19.7. The lowest BCUT2D eigenvalue weighted by molar-refractivity contribution is 0.0989. The van der Waals surface area contributed by atoms with Crippen LogP contribution in [0.4, 0.5) is 5.69 Å². The number of sulfonamides is 1. The van der Waals surface area contributed by atoms with Gasteiger partial charge in [-0.2, -0.15) is 0 Å². The third-order valence-electron chi connectivity index (χ3n) is 5.95. The van der Waals surface area contributed by atoms with Crippen molar-refractivity contribution < 1.29 is 18.0 Å². The largest absolute Gasteiger partial charge is 0.308 e. The Labute approximate surface area is 180 Å². The molecule has 31 heavy (non-hydrogen) atoms. The summed E-state index contributed by atoms with van der Waals surface area (Å²) < 4.78 is 26.2.